The van der Waals surface area contributed by atoms with E-state index in [2.05, 4.69) is 33.8 Å². The van der Waals surface area contributed by atoms with E-state index in [0.717, 1.165) is 44.1 Å². The smallest absolute Gasteiger partial charge is 0.187 e. The van der Waals surface area contributed by atoms with Gasteiger partial charge in [-0.1, -0.05) is 39.3 Å². The maximum Gasteiger partial charge on any atom is 0.187 e. The van der Waals surface area contributed by atoms with Crippen LogP contribution in [0.2, 0.25) is 0 Å². The monoisotopic (exact) mass is 1220 g/mol. The van der Waals surface area contributed by atoms with E-state index in [1.54, 1.807) is 0 Å². The van der Waals surface area contributed by atoms with E-state index in [4.69, 9.17) is 56.8 Å². The van der Waals surface area contributed by atoms with Crippen LogP contribution in [0.3, 0.4) is 0 Å². The van der Waals surface area contributed by atoms with Crippen LogP contribution < -0.4 is 0 Å². The molecule has 14 N–H and O–H groups in total. The quantitative estimate of drug-likeness (QED) is 0.0679. The molecule has 26 heteroatoms. The van der Waals surface area contributed by atoms with Crippen LogP contribution in [0.4, 0.5) is 0 Å². The molecule has 2 spiro atoms. The van der Waals surface area contributed by atoms with Gasteiger partial charge in [0.1, 0.15) is 104 Å². The predicted octanol–water partition coefficient (Wildman–Crippen LogP) is -2.33. The summed E-state index contributed by atoms with van der Waals surface area (Å²) in [6.07, 6.45) is -30.8. The summed E-state index contributed by atoms with van der Waals surface area (Å²) in [4.78, 5) is 0. The van der Waals surface area contributed by atoms with E-state index in [1.165, 1.54) is 6.92 Å². The second-order valence-electron chi connectivity index (χ2n) is 28.5. The lowest BCUT2D eigenvalue weighted by Crippen LogP contribution is -2.77. The highest BCUT2D eigenvalue weighted by Crippen LogP contribution is 2.78. The van der Waals surface area contributed by atoms with Gasteiger partial charge >= 0.3 is 0 Å². The number of rotatable bonds is 13. The Labute approximate surface area is 495 Å². The van der Waals surface area contributed by atoms with Crippen LogP contribution in [-0.4, -0.2) is 269 Å². The van der Waals surface area contributed by atoms with Crippen molar-refractivity contribution in [3.05, 3.63) is 11.6 Å². The van der Waals surface area contributed by atoms with Crippen LogP contribution >= 0.6 is 0 Å². The summed E-state index contributed by atoms with van der Waals surface area (Å²) < 4.78 is 75.6. The molecule has 12 fully saturated rings. The number of ether oxygens (including phenoxy) is 12. The van der Waals surface area contributed by atoms with Crippen LogP contribution in [0.25, 0.3) is 0 Å². The molecule has 0 amide bonds. The average Bonchev–Trinajstić information content (AvgIpc) is 0.668. The summed E-state index contributed by atoms with van der Waals surface area (Å²) in [6, 6.07) is 0. The summed E-state index contributed by atoms with van der Waals surface area (Å²) in [6.45, 7) is 14.9. The van der Waals surface area contributed by atoms with Gasteiger partial charge in [0.05, 0.1) is 56.9 Å². The first-order chi connectivity index (χ1) is 39.9. The Hall–Kier alpha value is -1.30. The summed E-state index contributed by atoms with van der Waals surface area (Å²) >= 11 is 0. The van der Waals surface area contributed by atoms with Crippen molar-refractivity contribution in [2.24, 2.45) is 45.3 Å². The third-order valence-electron chi connectivity index (χ3n) is 22.9. The average molecular weight is 1220 g/mol. The minimum absolute atomic E-state index is 0.116. The maximum absolute atomic E-state index is 12.5. The highest BCUT2D eigenvalue weighted by atomic mass is 16.8. The van der Waals surface area contributed by atoms with Crippen LogP contribution in [-0.2, 0) is 56.8 Å². The number of allylic oxidation sites excluding steroid dienone is 1. The summed E-state index contributed by atoms with van der Waals surface area (Å²) in [7, 11) is 0. The maximum atomic E-state index is 12.5. The molecule has 26 nitrogen and oxygen atoms in total. The van der Waals surface area contributed by atoms with Crippen LogP contribution in [0.5, 0.6) is 0 Å². The zero-order valence-corrected chi connectivity index (χ0v) is 49.9. The molecule has 0 aromatic rings. The molecule has 488 valence electrons. The molecular weight excluding hydrogens is 1120 g/mol. The lowest BCUT2D eigenvalue weighted by atomic mass is 9.32. The zero-order valence-electron chi connectivity index (χ0n) is 49.9. The van der Waals surface area contributed by atoms with Gasteiger partial charge in [0, 0.05) is 24.2 Å². The van der Waals surface area contributed by atoms with Crippen molar-refractivity contribution in [3.63, 3.8) is 0 Å². The van der Waals surface area contributed by atoms with Gasteiger partial charge < -0.3 is 128 Å². The third kappa shape index (κ3) is 11.0. The molecule has 0 aromatic carbocycles. The minimum Gasteiger partial charge on any atom is -0.394 e. The molecule has 0 aromatic heterocycles. The minimum atomic E-state index is -2.04. The van der Waals surface area contributed by atoms with E-state index in [9.17, 15) is 71.5 Å². The molecule has 4 saturated carbocycles. The van der Waals surface area contributed by atoms with E-state index in [1.807, 2.05) is 20.8 Å². The molecule has 2 bridgehead atoms. The van der Waals surface area contributed by atoms with E-state index >= 15 is 0 Å². The molecule has 4 aliphatic carbocycles. The lowest BCUT2D eigenvalue weighted by Gasteiger charge is -2.77. The van der Waals surface area contributed by atoms with Gasteiger partial charge in [0.15, 0.2) is 37.2 Å². The van der Waals surface area contributed by atoms with Crippen LogP contribution in [0.1, 0.15) is 113 Å². The highest BCUT2D eigenvalue weighted by molar-refractivity contribution is 5.24. The van der Waals surface area contributed by atoms with Crippen LogP contribution in [0.15, 0.2) is 11.6 Å². The van der Waals surface area contributed by atoms with Crippen molar-refractivity contribution in [3.8, 4) is 0 Å². The number of aliphatic hydroxyl groups excluding tert-OH is 13. The highest BCUT2D eigenvalue weighted by Gasteiger charge is 2.77. The first kappa shape index (κ1) is 65.2. The molecule has 0 unspecified atom stereocenters. The molecular formula is C59H96O26. The van der Waals surface area contributed by atoms with Gasteiger partial charge in [-0.25, -0.2) is 0 Å². The first-order valence-corrected chi connectivity index (χ1v) is 30.8. The third-order valence-corrected chi connectivity index (χ3v) is 22.9. The van der Waals surface area contributed by atoms with Gasteiger partial charge in [-0.2, -0.15) is 0 Å². The van der Waals surface area contributed by atoms with Crippen molar-refractivity contribution < 1.29 is 128 Å². The van der Waals surface area contributed by atoms with Gasteiger partial charge in [-0.05, 0) is 107 Å². The second kappa shape index (κ2) is 24.0. The van der Waals surface area contributed by atoms with Gasteiger partial charge in [0.2, 0.25) is 0 Å². The lowest BCUT2D eigenvalue weighted by molar-refractivity contribution is -0.436. The summed E-state index contributed by atoms with van der Waals surface area (Å²) in [5.74, 6) is -0.412. The first-order valence-electron chi connectivity index (χ1n) is 30.8. The molecule has 8 heterocycles. The van der Waals surface area contributed by atoms with Crippen LogP contribution in [0, 0.1) is 45.3 Å². The molecule has 85 heavy (non-hydrogen) atoms. The molecule has 34 atom stereocenters. The van der Waals surface area contributed by atoms with Crippen molar-refractivity contribution >= 4 is 0 Å². The Morgan fingerprint density at radius 3 is 1.89 bits per heavy atom. The van der Waals surface area contributed by atoms with Crippen molar-refractivity contribution in [2.45, 2.75) is 278 Å². The summed E-state index contributed by atoms with van der Waals surface area (Å²) in [5, 5.41) is 154. The molecule has 0 radical (unpaired) electrons. The van der Waals surface area contributed by atoms with E-state index < -0.39 is 191 Å². The fourth-order valence-corrected chi connectivity index (χ4v) is 18.5. The number of hydrogen-bond donors (Lipinski definition) is 14. The van der Waals surface area contributed by atoms with Crippen molar-refractivity contribution in [1.82, 2.24) is 0 Å². The SMILES string of the molecule is CC(C)=C[C@H]1C[C@](C)(O)[C@@H]2[C@@H]3CC[C@@H]4[C@]5(C)CC[C@H](O[C@@H]6OC[C@H](O)[C@H](O[C@@H]7O[C@H](CO[C@@H]8O[C@H](CO)[C@@H](O)[C@H](O)[C@H]8O)[C@@H](O)[C@H](O)[C@H]7O[C@@H]7OC[C@@H](O)[C@H](O)[C@H]7O)[C@H]6O[C@H]6O[C@H](C)[C@H](O)[C@H](O)[C@H]6O)C(C)(C)[C@H]5CC[C@@]4(C)[C@]34CC[C@]2(OC4)O1. The van der Waals surface area contributed by atoms with Gasteiger partial charge in [-0.3, -0.25) is 0 Å². The number of hydrogen-bond acceptors (Lipinski definition) is 26. The zero-order chi connectivity index (χ0) is 61.4. The van der Waals surface area contributed by atoms with Crippen molar-refractivity contribution in [2.75, 3.05) is 33.0 Å². The fraction of sp³-hybridized carbons (Fsp3) is 0.966. The Morgan fingerprint density at radius 1 is 0.565 bits per heavy atom. The molecule has 8 aliphatic heterocycles. The Balaban J connectivity index is 0.866. The van der Waals surface area contributed by atoms with E-state index in [0.29, 0.717) is 31.8 Å². The molecule has 12 rings (SSSR count). The molecule has 8 saturated heterocycles. The molecule has 12 aliphatic rings. The number of fused-ring (bicyclic) bond motifs is 5. The predicted molar refractivity (Wildman–Crippen MR) is 287 cm³/mol. The normalized spacial score (nSPS) is 56.7. The largest absolute Gasteiger partial charge is 0.394 e. The Bertz CT molecular complexity index is 2330. The fourth-order valence-electron chi connectivity index (χ4n) is 18.5. The van der Waals surface area contributed by atoms with Gasteiger partial charge in [-0.15, -0.1) is 0 Å². The Kier molecular flexibility index (Phi) is 18.4. The van der Waals surface area contributed by atoms with E-state index in [-0.39, 0.29) is 40.1 Å². The standard InChI is InChI=1S/C59H96O26/c1-24(2)17-26-18-57(8,73)48-27-9-10-33-55(6)13-12-34(54(4,5)32(55)11-14-56(33,7)58(27)15-16-59(48,85-26)77-23-58)81-52-47(84-51-44(72)39(67)35(63)25(3)78-51)45(29(62)21-75-52)82-53-46(83-50-42(70)36(64)28(61)20-74-50)41(69)38(66)31(80-53)22-76-49-43(71)40(68)37(65)30(19-60)79-49/h17,25-53,60-73H,9-16,18-23H2,1-8H3/t25-,26+,27+,28-,29+,30-,31-,32-,33-,34+,35+,36+,37-,38-,39+,40+,41+,42-,43-,44-,45+,46-,47-,48+,49-,50+,51-,52+,53+,55-,56-,57+,58+,59+/m1/s1. The number of aliphatic hydroxyl groups is 14. The summed E-state index contributed by atoms with van der Waals surface area (Å²) in [5.41, 5.74) is -0.910. The Morgan fingerprint density at radius 2 is 1.20 bits per heavy atom. The van der Waals surface area contributed by atoms with Crippen molar-refractivity contribution in [1.29, 1.82) is 0 Å². The topological polar surface area (TPSA) is 394 Å². The van der Waals surface area contributed by atoms with Gasteiger partial charge in [0.25, 0.3) is 0 Å². The second-order valence-corrected chi connectivity index (χ2v) is 28.5.